The van der Waals surface area contributed by atoms with E-state index in [1.54, 1.807) is 19.2 Å². The van der Waals surface area contributed by atoms with E-state index in [2.05, 4.69) is 0 Å². The van der Waals surface area contributed by atoms with Crippen LogP contribution in [-0.2, 0) is 16.1 Å². The van der Waals surface area contributed by atoms with E-state index in [9.17, 15) is 4.79 Å². The molecule has 0 aromatic heterocycles. The second-order valence-corrected chi connectivity index (χ2v) is 4.05. The van der Waals surface area contributed by atoms with Crippen LogP contribution in [0, 0.1) is 6.92 Å². The van der Waals surface area contributed by atoms with Crippen molar-refractivity contribution >= 4 is 17.6 Å². The SMILES string of the molecule is COc1c(C)cc(Cl)cc1COCCC(=O)O. The van der Waals surface area contributed by atoms with Crippen LogP contribution in [0.1, 0.15) is 17.5 Å². The largest absolute Gasteiger partial charge is 0.496 e. The van der Waals surface area contributed by atoms with Gasteiger partial charge in [0, 0.05) is 10.6 Å². The summed E-state index contributed by atoms with van der Waals surface area (Å²) in [5, 5.41) is 9.09. The maximum atomic E-state index is 10.3. The van der Waals surface area contributed by atoms with E-state index < -0.39 is 5.97 Å². The second kappa shape index (κ2) is 6.47. The second-order valence-electron chi connectivity index (χ2n) is 3.61. The zero-order valence-corrected chi connectivity index (χ0v) is 10.6. The fourth-order valence-corrected chi connectivity index (χ4v) is 1.84. The summed E-state index contributed by atoms with van der Waals surface area (Å²) in [6, 6.07) is 3.56. The van der Waals surface area contributed by atoms with Gasteiger partial charge < -0.3 is 14.6 Å². The maximum Gasteiger partial charge on any atom is 0.305 e. The van der Waals surface area contributed by atoms with Crippen molar-refractivity contribution in [3.05, 3.63) is 28.3 Å². The lowest BCUT2D eigenvalue weighted by Gasteiger charge is -2.12. The molecule has 0 bridgehead atoms. The molecule has 1 rings (SSSR count). The molecule has 94 valence electrons. The Labute approximate surface area is 105 Å². The zero-order chi connectivity index (χ0) is 12.8. The number of halogens is 1. The predicted molar refractivity (Wildman–Crippen MR) is 64.6 cm³/mol. The van der Waals surface area contributed by atoms with E-state index >= 15 is 0 Å². The molecule has 0 saturated heterocycles. The molecule has 0 heterocycles. The van der Waals surface area contributed by atoms with E-state index in [1.165, 1.54) is 0 Å². The lowest BCUT2D eigenvalue weighted by molar-refractivity contribution is -0.138. The molecule has 5 heteroatoms. The van der Waals surface area contributed by atoms with Crippen LogP contribution in [0.4, 0.5) is 0 Å². The van der Waals surface area contributed by atoms with Crippen molar-refractivity contribution in [1.29, 1.82) is 0 Å². The molecule has 0 spiro atoms. The van der Waals surface area contributed by atoms with E-state index in [4.69, 9.17) is 26.2 Å². The molecule has 4 nitrogen and oxygen atoms in total. The van der Waals surface area contributed by atoms with Crippen LogP contribution in [0.25, 0.3) is 0 Å². The third-order valence-corrected chi connectivity index (χ3v) is 2.46. The summed E-state index contributed by atoms with van der Waals surface area (Å²) in [6.45, 7) is 2.35. The first kappa shape index (κ1) is 13.8. The van der Waals surface area contributed by atoms with Gasteiger partial charge in [-0.3, -0.25) is 4.79 Å². The van der Waals surface area contributed by atoms with Crippen LogP contribution >= 0.6 is 11.6 Å². The van der Waals surface area contributed by atoms with Gasteiger partial charge in [-0.2, -0.15) is 0 Å². The molecular weight excluding hydrogens is 244 g/mol. The Hall–Kier alpha value is -1.26. The summed E-state index contributed by atoms with van der Waals surface area (Å²) in [7, 11) is 1.58. The van der Waals surface area contributed by atoms with Crippen LogP contribution in [0.5, 0.6) is 5.75 Å². The molecule has 0 unspecified atom stereocenters. The summed E-state index contributed by atoms with van der Waals surface area (Å²) in [6.07, 6.45) is -0.0120. The van der Waals surface area contributed by atoms with Crippen LogP contribution in [-0.4, -0.2) is 24.8 Å². The first-order valence-corrected chi connectivity index (χ1v) is 5.55. The standard InChI is InChI=1S/C12H15ClO4/c1-8-5-10(13)6-9(12(8)16-2)7-17-4-3-11(14)15/h5-6H,3-4,7H2,1-2H3,(H,14,15). The molecule has 1 aromatic carbocycles. The Morgan fingerprint density at radius 3 is 2.76 bits per heavy atom. The Bertz CT molecular complexity index is 404. The van der Waals surface area contributed by atoms with Gasteiger partial charge in [-0.25, -0.2) is 0 Å². The smallest absolute Gasteiger partial charge is 0.305 e. The minimum absolute atomic E-state index is 0.0120. The normalized spacial score (nSPS) is 10.3. The van der Waals surface area contributed by atoms with Gasteiger partial charge in [0.05, 0.1) is 26.7 Å². The molecule has 0 aliphatic rings. The summed E-state index contributed by atoms with van der Waals surface area (Å²) in [4.78, 5) is 10.3. The Morgan fingerprint density at radius 1 is 1.47 bits per heavy atom. The van der Waals surface area contributed by atoms with Crippen molar-refractivity contribution in [2.24, 2.45) is 0 Å². The lowest BCUT2D eigenvalue weighted by atomic mass is 10.1. The minimum atomic E-state index is -0.876. The van der Waals surface area contributed by atoms with Gasteiger partial charge in [0.15, 0.2) is 0 Å². The first-order chi connectivity index (χ1) is 8.04. The van der Waals surface area contributed by atoms with Gasteiger partial charge in [-0.05, 0) is 24.6 Å². The minimum Gasteiger partial charge on any atom is -0.496 e. The molecular formula is C12H15ClO4. The topological polar surface area (TPSA) is 55.8 Å². The maximum absolute atomic E-state index is 10.3. The first-order valence-electron chi connectivity index (χ1n) is 5.17. The van der Waals surface area contributed by atoms with Gasteiger partial charge in [0.1, 0.15) is 5.75 Å². The van der Waals surface area contributed by atoms with Gasteiger partial charge in [-0.1, -0.05) is 11.6 Å². The Morgan fingerprint density at radius 2 is 2.18 bits per heavy atom. The van der Waals surface area contributed by atoms with Crippen molar-refractivity contribution in [1.82, 2.24) is 0 Å². The van der Waals surface area contributed by atoms with Crippen LogP contribution in [0.2, 0.25) is 5.02 Å². The van der Waals surface area contributed by atoms with Gasteiger partial charge in [0.25, 0.3) is 0 Å². The zero-order valence-electron chi connectivity index (χ0n) is 9.83. The number of carboxylic acid groups (broad SMARTS) is 1. The van der Waals surface area contributed by atoms with E-state index in [-0.39, 0.29) is 19.6 Å². The molecule has 17 heavy (non-hydrogen) atoms. The Balaban J connectivity index is 2.66. The highest BCUT2D eigenvalue weighted by molar-refractivity contribution is 6.30. The monoisotopic (exact) mass is 258 g/mol. The number of carbonyl (C=O) groups is 1. The van der Waals surface area contributed by atoms with Crippen molar-refractivity contribution in [3.63, 3.8) is 0 Å². The molecule has 1 N–H and O–H groups in total. The molecule has 0 aliphatic heterocycles. The van der Waals surface area contributed by atoms with E-state index in [0.717, 1.165) is 16.9 Å². The highest BCUT2D eigenvalue weighted by atomic mass is 35.5. The number of rotatable bonds is 6. The van der Waals surface area contributed by atoms with Crippen molar-refractivity contribution < 1.29 is 19.4 Å². The molecule has 0 saturated carbocycles. The summed E-state index contributed by atoms with van der Waals surface area (Å²) < 4.78 is 10.5. The average Bonchev–Trinajstić information content (AvgIpc) is 2.23. The van der Waals surface area contributed by atoms with Crippen molar-refractivity contribution in [3.8, 4) is 5.75 Å². The summed E-state index contributed by atoms with van der Waals surface area (Å²) in [5.41, 5.74) is 1.75. The summed E-state index contributed by atoms with van der Waals surface area (Å²) in [5.74, 6) is -0.149. The van der Waals surface area contributed by atoms with Crippen LogP contribution in [0.3, 0.4) is 0 Å². The number of hydrogen-bond donors (Lipinski definition) is 1. The number of methoxy groups -OCH3 is 1. The third kappa shape index (κ3) is 4.24. The van der Waals surface area contributed by atoms with Gasteiger partial charge >= 0.3 is 5.97 Å². The number of hydrogen-bond acceptors (Lipinski definition) is 3. The molecule has 0 atom stereocenters. The number of aryl methyl sites for hydroxylation is 1. The highest BCUT2D eigenvalue weighted by Crippen LogP contribution is 2.28. The molecule has 0 radical (unpaired) electrons. The highest BCUT2D eigenvalue weighted by Gasteiger charge is 2.08. The summed E-state index contributed by atoms with van der Waals surface area (Å²) >= 11 is 5.94. The van der Waals surface area contributed by atoms with E-state index in [0.29, 0.717) is 5.02 Å². The van der Waals surface area contributed by atoms with Gasteiger partial charge in [0.2, 0.25) is 0 Å². The number of benzene rings is 1. The molecule has 0 aliphatic carbocycles. The third-order valence-electron chi connectivity index (χ3n) is 2.24. The predicted octanol–water partition coefficient (Wildman–Crippen LogP) is 2.65. The number of ether oxygens (including phenoxy) is 2. The molecule has 0 fully saturated rings. The molecule has 0 amide bonds. The lowest BCUT2D eigenvalue weighted by Crippen LogP contribution is -2.04. The van der Waals surface area contributed by atoms with Gasteiger partial charge in [-0.15, -0.1) is 0 Å². The van der Waals surface area contributed by atoms with Crippen LogP contribution in [0.15, 0.2) is 12.1 Å². The van der Waals surface area contributed by atoms with Crippen molar-refractivity contribution in [2.75, 3.05) is 13.7 Å². The van der Waals surface area contributed by atoms with E-state index in [1.807, 2.05) is 6.92 Å². The molecule has 1 aromatic rings. The number of carboxylic acids is 1. The fourth-order valence-electron chi connectivity index (χ4n) is 1.54. The van der Waals surface area contributed by atoms with Crippen molar-refractivity contribution in [2.45, 2.75) is 20.0 Å². The van der Waals surface area contributed by atoms with Crippen LogP contribution < -0.4 is 4.74 Å². The average molecular weight is 259 g/mol. The fraction of sp³-hybridized carbons (Fsp3) is 0.417. The quantitative estimate of drug-likeness (QED) is 0.797. The number of aliphatic carboxylic acids is 1. The Kier molecular flexibility index (Phi) is 5.25.